The normalized spacial score (nSPS) is 17.1. The van der Waals surface area contributed by atoms with E-state index in [4.69, 9.17) is 11.6 Å². The molecule has 0 saturated carbocycles. The first-order valence-electron chi connectivity index (χ1n) is 9.28. The van der Waals surface area contributed by atoms with Gasteiger partial charge >= 0.3 is 0 Å². The van der Waals surface area contributed by atoms with Crippen LogP contribution in [0.5, 0.6) is 0 Å². The van der Waals surface area contributed by atoms with Crippen molar-refractivity contribution in [3.63, 3.8) is 0 Å². The molecule has 1 fully saturated rings. The largest absolute Gasteiger partial charge is 0.368 e. The summed E-state index contributed by atoms with van der Waals surface area (Å²) < 4.78 is 0. The number of halogens is 1. The maximum atomic E-state index is 13.2. The van der Waals surface area contributed by atoms with Crippen molar-refractivity contribution < 1.29 is 4.79 Å². The first kappa shape index (κ1) is 18.6. The van der Waals surface area contributed by atoms with Crippen molar-refractivity contribution in [1.82, 2.24) is 25.5 Å². The average Bonchev–Trinajstić information content (AvgIpc) is 3.16. The molecule has 1 amide bonds. The van der Waals surface area contributed by atoms with E-state index in [1.165, 1.54) is 6.33 Å². The maximum absolute atomic E-state index is 13.2. The van der Waals surface area contributed by atoms with Crippen LogP contribution in [0.15, 0.2) is 30.6 Å². The van der Waals surface area contributed by atoms with Crippen LogP contribution >= 0.6 is 11.6 Å². The number of fused-ring (bicyclic) bond motifs is 1. The van der Waals surface area contributed by atoms with Crippen molar-refractivity contribution in [3.05, 3.63) is 41.3 Å². The van der Waals surface area contributed by atoms with Crippen LogP contribution in [0.3, 0.4) is 0 Å². The van der Waals surface area contributed by atoms with Crippen LogP contribution in [0.2, 0.25) is 5.02 Å². The first-order valence-corrected chi connectivity index (χ1v) is 9.65. The molecule has 0 aliphatic carbocycles. The van der Waals surface area contributed by atoms with Gasteiger partial charge in [0.25, 0.3) is 0 Å². The van der Waals surface area contributed by atoms with E-state index < -0.39 is 0 Å². The predicted molar refractivity (Wildman–Crippen MR) is 110 cm³/mol. The van der Waals surface area contributed by atoms with Crippen LogP contribution < -0.4 is 15.1 Å². The van der Waals surface area contributed by atoms with Gasteiger partial charge in [0.1, 0.15) is 18.2 Å². The zero-order chi connectivity index (χ0) is 19.7. The number of amides is 1. The van der Waals surface area contributed by atoms with Crippen LogP contribution in [0.25, 0.3) is 11.0 Å². The Morgan fingerprint density at radius 3 is 3.04 bits per heavy atom. The van der Waals surface area contributed by atoms with E-state index in [0.29, 0.717) is 29.6 Å². The summed E-state index contributed by atoms with van der Waals surface area (Å²) in [6.07, 6.45) is 2.18. The Bertz CT molecular complexity index is 1000. The molecule has 0 spiro atoms. The van der Waals surface area contributed by atoms with E-state index in [1.807, 2.05) is 31.2 Å². The van der Waals surface area contributed by atoms with Gasteiger partial charge in [-0.1, -0.05) is 24.6 Å². The smallest absolute Gasteiger partial charge is 0.246 e. The zero-order valence-electron chi connectivity index (χ0n) is 15.8. The van der Waals surface area contributed by atoms with Crippen LogP contribution in [0.4, 0.5) is 11.5 Å². The van der Waals surface area contributed by atoms with Crippen LogP contribution in [0.1, 0.15) is 12.6 Å². The van der Waals surface area contributed by atoms with Gasteiger partial charge in [0.2, 0.25) is 5.91 Å². The molecule has 0 radical (unpaired) electrons. The van der Waals surface area contributed by atoms with E-state index in [0.717, 1.165) is 29.7 Å². The molecular formula is C19H22ClN7O. The number of nitrogens with zero attached hydrogens (tertiary/aromatic N) is 5. The summed E-state index contributed by atoms with van der Waals surface area (Å²) >= 11 is 6.13. The highest BCUT2D eigenvalue weighted by Crippen LogP contribution is 2.26. The Balaban J connectivity index is 1.58. The van der Waals surface area contributed by atoms with Gasteiger partial charge in [-0.25, -0.2) is 9.97 Å². The molecule has 28 heavy (non-hydrogen) atoms. The third-order valence-corrected chi connectivity index (χ3v) is 5.28. The average molecular weight is 400 g/mol. The lowest BCUT2D eigenvalue weighted by molar-refractivity contribution is -0.120. The zero-order valence-corrected chi connectivity index (χ0v) is 16.6. The molecule has 9 heteroatoms. The van der Waals surface area contributed by atoms with E-state index in [1.54, 1.807) is 11.9 Å². The minimum absolute atomic E-state index is 0.0463. The Morgan fingerprint density at radius 2 is 2.25 bits per heavy atom. The number of hydrogen-bond acceptors (Lipinski definition) is 6. The number of carbonyl (C=O) groups excluding carboxylic acids is 1. The van der Waals surface area contributed by atoms with Crippen molar-refractivity contribution in [2.75, 3.05) is 36.5 Å². The molecular weight excluding hydrogens is 378 g/mol. The van der Waals surface area contributed by atoms with E-state index in [9.17, 15) is 4.79 Å². The summed E-state index contributed by atoms with van der Waals surface area (Å²) in [5.74, 6) is 0.525. The minimum Gasteiger partial charge on any atom is -0.368 e. The van der Waals surface area contributed by atoms with Crippen LogP contribution in [-0.4, -0.2) is 58.8 Å². The summed E-state index contributed by atoms with van der Waals surface area (Å²) in [7, 11) is 1.75. The summed E-state index contributed by atoms with van der Waals surface area (Å²) in [5.41, 5.74) is 2.50. The number of aryl methyl sites for hydroxylation is 1. The van der Waals surface area contributed by atoms with E-state index >= 15 is 0 Å². The fraction of sp³-hybridized carbons (Fsp3) is 0.368. The molecule has 0 bridgehead atoms. The van der Waals surface area contributed by atoms with Crippen molar-refractivity contribution in [3.8, 4) is 0 Å². The number of piperazine rings is 1. The van der Waals surface area contributed by atoms with Crippen molar-refractivity contribution in [2.24, 2.45) is 0 Å². The maximum Gasteiger partial charge on any atom is 0.246 e. The third-order valence-electron chi connectivity index (χ3n) is 5.04. The molecule has 3 aromatic rings. The number of hydrogen-bond donors (Lipinski definition) is 2. The molecule has 1 aliphatic rings. The third kappa shape index (κ3) is 3.41. The molecule has 2 N–H and O–H groups in total. The number of rotatable bonds is 4. The fourth-order valence-electron chi connectivity index (χ4n) is 3.57. The summed E-state index contributed by atoms with van der Waals surface area (Å²) in [6, 6.07) is 7.35. The molecule has 8 nitrogen and oxygen atoms in total. The molecule has 2 aromatic heterocycles. The van der Waals surface area contributed by atoms with Gasteiger partial charge in [-0.2, -0.15) is 5.10 Å². The lowest BCUT2D eigenvalue weighted by Gasteiger charge is -2.36. The second-order valence-electron chi connectivity index (χ2n) is 6.77. The molecule has 4 rings (SSSR count). The Morgan fingerprint density at radius 1 is 1.39 bits per heavy atom. The lowest BCUT2D eigenvalue weighted by atomic mass is 10.1. The quantitative estimate of drug-likeness (QED) is 0.697. The van der Waals surface area contributed by atoms with E-state index in [-0.39, 0.29) is 11.9 Å². The van der Waals surface area contributed by atoms with Gasteiger partial charge in [-0.05, 0) is 24.6 Å². The number of anilines is 2. The molecule has 146 valence electrons. The van der Waals surface area contributed by atoms with Crippen molar-refractivity contribution >= 4 is 40.0 Å². The highest BCUT2D eigenvalue weighted by molar-refractivity contribution is 6.30. The summed E-state index contributed by atoms with van der Waals surface area (Å²) in [5, 5.41) is 12.0. The SMILES string of the molecule is CCc1n[nH]c2ncnc(N(C)C(=O)C3CN(c4cccc(Cl)c4)CCN3)c12. The second kappa shape index (κ2) is 7.73. The Labute approximate surface area is 167 Å². The molecule has 1 unspecified atom stereocenters. The predicted octanol–water partition coefficient (Wildman–Crippen LogP) is 2.01. The number of nitrogens with one attached hydrogen (secondary N) is 2. The standard InChI is InChI=1S/C19H22ClN7O/c1-3-14-16-17(25-24-14)22-11-23-18(16)26(2)19(28)15-10-27(8-7-21-15)13-6-4-5-12(20)9-13/h4-6,9,11,15,21H,3,7-8,10H2,1-2H3,(H,22,23,24,25). The van der Waals surface area contributed by atoms with Gasteiger partial charge in [0.15, 0.2) is 5.65 Å². The Kier molecular flexibility index (Phi) is 5.15. The highest BCUT2D eigenvalue weighted by Gasteiger charge is 2.30. The molecule has 1 saturated heterocycles. The van der Waals surface area contributed by atoms with Gasteiger partial charge in [0.05, 0.1) is 11.1 Å². The molecule has 1 aromatic carbocycles. The number of aromatic amines is 1. The number of likely N-dealkylation sites (N-methyl/N-ethyl adjacent to an activating group) is 1. The first-order chi connectivity index (χ1) is 13.6. The van der Waals surface area contributed by atoms with Gasteiger partial charge in [0, 0.05) is 37.4 Å². The highest BCUT2D eigenvalue weighted by atomic mass is 35.5. The fourth-order valence-corrected chi connectivity index (χ4v) is 3.76. The minimum atomic E-state index is -0.347. The summed E-state index contributed by atoms with van der Waals surface area (Å²) in [4.78, 5) is 25.6. The summed E-state index contributed by atoms with van der Waals surface area (Å²) in [6.45, 7) is 4.10. The van der Waals surface area contributed by atoms with Gasteiger partial charge in [-0.3, -0.25) is 14.8 Å². The number of carbonyl (C=O) groups is 1. The molecule has 1 aliphatic heterocycles. The van der Waals surface area contributed by atoms with Crippen LogP contribution in [-0.2, 0) is 11.2 Å². The van der Waals surface area contributed by atoms with Crippen LogP contribution in [0, 0.1) is 0 Å². The van der Waals surface area contributed by atoms with Crippen molar-refractivity contribution in [2.45, 2.75) is 19.4 Å². The second-order valence-corrected chi connectivity index (χ2v) is 7.21. The Hall–Kier alpha value is -2.71. The topological polar surface area (TPSA) is 90.0 Å². The van der Waals surface area contributed by atoms with Gasteiger partial charge in [-0.15, -0.1) is 0 Å². The lowest BCUT2D eigenvalue weighted by Crippen LogP contribution is -2.57. The van der Waals surface area contributed by atoms with Gasteiger partial charge < -0.3 is 10.2 Å². The van der Waals surface area contributed by atoms with Crippen molar-refractivity contribution in [1.29, 1.82) is 0 Å². The number of H-pyrrole nitrogens is 1. The monoisotopic (exact) mass is 399 g/mol. The number of aromatic nitrogens is 4. The number of benzene rings is 1. The molecule has 1 atom stereocenters. The molecule has 3 heterocycles. The van der Waals surface area contributed by atoms with E-state index in [2.05, 4.69) is 30.4 Å².